The lowest BCUT2D eigenvalue weighted by atomic mass is 10.0. The fourth-order valence-corrected chi connectivity index (χ4v) is 3.61. The summed E-state index contributed by atoms with van der Waals surface area (Å²) in [6, 6.07) is 7.69. The van der Waals surface area contributed by atoms with Gasteiger partial charge in [-0.05, 0) is 36.6 Å². The number of carbonyl (C=O) groups is 2. The molecular weight excluding hydrogens is 332 g/mol. The van der Waals surface area contributed by atoms with Crippen LogP contribution in [0.5, 0.6) is 0 Å². The first-order valence-corrected chi connectivity index (χ1v) is 9.59. The first-order valence-electron chi connectivity index (χ1n) is 9.59. The van der Waals surface area contributed by atoms with Gasteiger partial charge < -0.3 is 19.7 Å². The van der Waals surface area contributed by atoms with Gasteiger partial charge in [0.1, 0.15) is 0 Å². The van der Waals surface area contributed by atoms with Crippen molar-refractivity contribution in [3.63, 3.8) is 0 Å². The minimum absolute atomic E-state index is 0.227. The predicted octanol–water partition coefficient (Wildman–Crippen LogP) is 2.98. The number of hydrogen-bond donors (Lipinski definition) is 1. The molecule has 6 nitrogen and oxygen atoms in total. The molecule has 1 saturated heterocycles. The van der Waals surface area contributed by atoms with Gasteiger partial charge in [0, 0.05) is 30.9 Å². The molecule has 0 spiro atoms. The molecule has 0 unspecified atom stereocenters. The summed E-state index contributed by atoms with van der Waals surface area (Å²) >= 11 is 0. The third-order valence-corrected chi connectivity index (χ3v) is 5.12. The Morgan fingerprint density at radius 3 is 2.50 bits per heavy atom. The predicted molar refractivity (Wildman–Crippen MR) is 100 cm³/mol. The van der Waals surface area contributed by atoms with Crippen LogP contribution in [0.15, 0.2) is 24.3 Å². The smallest absolute Gasteiger partial charge is 0.306 e. The van der Waals surface area contributed by atoms with Crippen LogP contribution in [-0.4, -0.2) is 44.8 Å². The summed E-state index contributed by atoms with van der Waals surface area (Å²) in [6.45, 7) is 3.01. The van der Waals surface area contributed by atoms with Crippen molar-refractivity contribution in [1.29, 1.82) is 0 Å². The second-order valence-corrected chi connectivity index (χ2v) is 7.04. The molecule has 1 amide bonds. The van der Waals surface area contributed by atoms with Crippen LogP contribution in [0, 0.1) is 5.92 Å². The second-order valence-electron chi connectivity index (χ2n) is 7.04. The van der Waals surface area contributed by atoms with Crippen molar-refractivity contribution in [2.45, 2.75) is 38.5 Å². The van der Waals surface area contributed by atoms with Gasteiger partial charge in [-0.3, -0.25) is 9.59 Å². The van der Waals surface area contributed by atoms with E-state index in [4.69, 9.17) is 9.47 Å². The first-order chi connectivity index (χ1) is 12.7. The Labute approximate surface area is 154 Å². The molecule has 0 atom stereocenters. The zero-order valence-corrected chi connectivity index (χ0v) is 15.2. The molecule has 6 heteroatoms. The molecule has 0 aromatic heterocycles. The Hall–Kier alpha value is -2.08. The Balaban J connectivity index is 1.36. The van der Waals surface area contributed by atoms with E-state index in [1.807, 2.05) is 24.3 Å². The molecule has 142 valence electrons. The summed E-state index contributed by atoms with van der Waals surface area (Å²) in [4.78, 5) is 26.0. The largest absolute Gasteiger partial charge is 0.456 e. The van der Waals surface area contributed by atoms with E-state index in [9.17, 15) is 9.59 Å². The van der Waals surface area contributed by atoms with Crippen LogP contribution in [0.2, 0.25) is 0 Å². The maximum atomic E-state index is 11.9. The van der Waals surface area contributed by atoms with Crippen molar-refractivity contribution < 1.29 is 19.1 Å². The molecule has 1 N–H and O–H groups in total. The molecule has 1 aromatic carbocycles. The van der Waals surface area contributed by atoms with Crippen LogP contribution in [0.3, 0.4) is 0 Å². The normalized spacial score (nSPS) is 17.9. The van der Waals surface area contributed by atoms with E-state index < -0.39 is 0 Å². The summed E-state index contributed by atoms with van der Waals surface area (Å²) in [5.74, 6) is 0.0643. The third-order valence-electron chi connectivity index (χ3n) is 5.12. The number of carbonyl (C=O) groups excluding carboxylic acids is 2. The van der Waals surface area contributed by atoms with Crippen molar-refractivity contribution in [1.82, 2.24) is 0 Å². The van der Waals surface area contributed by atoms with E-state index >= 15 is 0 Å². The number of morpholine rings is 1. The van der Waals surface area contributed by atoms with Gasteiger partial charge in [0.2, 0.25) is 0 Å². The van der Waals surface area contributed by atoms with E-state index in [-0.39, 0.29) is 18.5 Å². The van der Waals surface area contributed by atoms with E-state index in [2.05, 4.69) is 10.2 Å². The molecule has 0 bridgehead atoms. The van der Waals surface area contributed by atoms with Gasteiger partial charge in [0.05, 0.1) is 13.2 Å². The molecule has 0 radical (unpaired) electrons. The van der Waals surface area contributed by atoms with Gasteiger partial charge in [-0.15, -0.1) is 0 Å². The molecule has 1 heterocycles. The fourth-order valence-electron chi connectivity index (χ4n) is 3.61. The lowest BCUT2D eigenvalue weighted by Gasteiger charge is -2.28. The molecule has 1 aliphatic carbocycles. The van der Waals surface area contributed by atoms with Gasteiger partial charge >= 0.3 is 5.97 Å². The number of benzene rings is 1. The van der Waals surface area contributed by atoms with Crippen LogP contribution in [0.25, 0.3) is 0 Å². The fraction of sp³-hybridized carbons (Fsp3) is 0.600. The second kappa shape index (κ2) is 9.57. The molecule has 1 aliphatic heterocycles. The van der Waals surface area contributed by atoms with Crippen LogP contribution in [-0.2, 0) is 19.1 Å². The molecule has 1 saturated carbocycles. The molecule has 2 fully saturated rings. The molecule has 2 aliphatic rings. The lowest BCUT2D eigenvalue weighted by molar-refractivity contribution is -0.147. The zero-order valence-electron chi connectivity index (χ0n) is 15.2. The van der Waals surface area contributed by atoms with Gasteiger partial charge in [-0.2, -0.15) is 0 Å². The van der Waals surface area contributed by atoms with Crippen molar-refractivity contribution >= 4 is 23.3 Å². The van der Waals surface area contributed by atoms with Crippen LogP contribution >= 0.6 is 0 Å². The number of amides is 1. The van der Waals surface area contributed by atoms with Crippen LogP contribution in [0.4, 0.5) is 11.4 Å². The third kappa shape index (κ3) is 5.73. The maximum Gasteiger partial charge on any atom is 0.306 e. The first kappa shape index (κ1) is 18.7. The number of anilines is 2. The molecule has 1 aromatic rings. The van der Waals surface area contributed by atoms with Crippen molar-refractivity contribution in [3.05, 3.63) is 24.3 Å². The number of nitrogens with zero attached hydrogens (tertiary/aromatic N) is 1. The summed E-state index contributed by atoms with van der Waals surface area (Å²) in [5.41, 5.74) is 1.82. The highest BCUT2D eigenvalue weighted by Gasteiger charge is 2.17. The van der Waals surface area contributed by atoms with Crippen LogP contribution < -0.4 is 10.2 Å². The number of esters is 1. The van der Waals surface area contributed by atoms with Crippen molar-refractivity contribution in [3.8, 4) is 0 Å². The van der Waals surface area contributed by atoms with Gasteiger partial charge in [0.15, 0.2) is 6.61 Å². The number of rotatable bonds is 7. The Morgan fingerprint density at radius 2 is 1.81 bits per heavy atom. The van der Waals surface area contributed by atoms with Gasteiger partial charge in [-0.1, -0.05) is 25.7 Å². The van der Waals surface area contributed by atoms with Crippen LogP contribution in [0.1, 0.15) is 38.5 Å². The highest BCUT2D eigenvalue weighted by molar-refractivity contribution is 5.92. The summed E-state index contributed by atoms with van der Waals surface area (Å²) in [5, 5.41) is 2.77. The topological polar surface area (TPSA) is 67.9 Å². The zero-order chi connectivity index (χ0) is 18.2. The average Bonchev–Trinajstić information content (AvgIpc) is 3.20. The molecule has 3 rings (SSSR count). The lowest BCUT2D eigenvalue weighted by Crippen LogP contribution is -2.36. The SMILES string of the molecule is O=C(COC(=O)CCC1CCCC1)Nc1ccc(N2CCOCC2)cc1. The minimum atomic E-state index is -0.307. The van der Waals surface area contributed by atoms with Crippen molar-refractivity contribution in [2.75, 3.05) is 43.1 Å². The van der Waals surface area contributed by atoms with Crippen molar-refractivity contribution in [2.24, 2.45) is 5.92 Å². The average molecular weight is 360 g/mol. The number of hydrogen-bond acceptors (Lipinski definition) is 5. The van der Waals surface area contributed by atoms with E-state index in [1.165, 1.54) is 25.7 Å². The molecule has 26 heavy (non-hydrogen) atoms. The quantitative estimate of drug-likeness (QED) is 0.757. The monoisotopic (exact) mass is 360 g/mol. The van der Waals surface area contributed by atoms with E-state index in [0.717, 1.165) is 38.4 Å². The Morgan fingerprint density at radius 1 is 1.12 bits per heavy atom. The Kier molecular flexibility index (Phi) is 6.89. The molecular formula is C20H28N2O4. The van der Waals surface area contributed by atoms with E-state index in [1.54, 1.807) is 0 Å². The van der Waals surface area contributed by atoms with E-state index in [0.29, 0.717) is 18.0 Å². The minimum Gasteiger partial charge on any atom is -0.456 e. The standard InChI is InChI=1S/C20H28N2O4/c23-19(15-26-20(24)10-5-16-3-1-2-4-16)21-17-6-8-18(9-7-17)22-11-13-25-14-12-22/h6-9,16H,1-5,10-15H2,(H,21,23). The maximum absolute atomic E-state index is 11.9. The Bertz CT molecular complexity index is 590. The highest BCUT2D eigenvalue weighted by atomic mass is 16.5. The summed E-state index contributed by atoms with van der Waals surface area (Å²) in [7, 11) is 0. The number of nitrogens with one attached hydrogen (secondary N) is 1. The number of ether oxygens (including phenoxy) is 2. The highest BCUT2D eigenvalue weighted by Crippen LogP contribution is 2.28. The summed E-state index contributed by atoms with van der Waals surface area (Å²) < 4.78 is 10.4. The van der Waals surface area contributed by atoms with Gasteiger partial charge in [-0.25, -0.2) is 0 Å². The summed E-state index contributed by atoms with van der Waals surface area (Å²) in [6.07, 6.45) is 6.26. The van der Waals surface area contributed by atoms with Gasteiger partial charge in [0.25, 0.3) is 5.91 Å².